The van der Waals surface area contributed by atoms with Crippen molar-refractivity contribution < 1.29 is 23.5 Å². The van der Waals surface area contributed by atoms with Crippen molar-refractivity contribution in [2.75, 3.05) is 12.4 Å². The molecule has 0 aliphatic rings. The number of rotatable bonds is 5. The fourth-order valence-corrected chi connectivity index (χ4v) is 2.55. The van der Waals surface area contributed by atoms with Gasteiger partial charge < -0.3 is 19.2 Å². The van der Waals surface area contributed by atoms with E-state index in [9.17, 15) is 9.59 Å². The molecule has 0 spiro atoms. The summed E-state index contributed by atoms with van der Waals surface area (Å²) in [6.07, 6.45) is -0.975. The molecule has 1 heterocycles. The number of furan rings is 1. The van der Waals surface area contributed by atoms with E-state index in [0.29, 0.717) is 22.6 Å². The Morgan fingerprint density at radius 2 is 1.77 bits per heavy atom. The molecule has 3 rings (SSSR count). The molecule has 0 aliphatic heterocycles. The molecule has 0 aliphatic carbocycles. The van der Waals surface area contributed by atoms with Crippen LogP contribution in [0.25, 0.3) is 11.0 Å². The summed E-state index contributed by atoms with van der Waals surface area (Å²) in [5.74, 6) is -0.313. The third-order valence-electron chi connectivity index (χ3n) is 4.04. The summed E-state index contributed by atoms with van der Waals surface area (Å²) in [7, 11) is 1.56. The molecule has 0 saturated heterocycles. The van der Waals surface area contributed by atoms with Crippen molar-refractivity contribution in [3.8, 4) is 5.75 Å². The molecular formula is C20H19NO5. The van der Waals surface area contributed by atoms with Crippen molar-refractivity contribution in [1.29, 1.82) is 0 Å². The van der Waals surface area contributed by atoms with Crippen LogP contribution in [0.2, 0.25) is 0 Å². The van der Waals surface area contributed by atoms with E-state index >= 15 is 0 Å². The van der Waals surface area contributed by atoms with E-state index in [4.69, 9.17) is 13.9 Å². The summed E-state index contributed by atoms with van der Waals surface area (Å²) in [6, 6.07) is 14.2. The topological polar surface area (TPSA) is 77.8 Å². The number of esters is 1. The lowest BCUT2D eigenvalue weighted by Crippen LogP contribution is -2.30. The molecule has 1 atom stereocenters. The second-order valence-electron chi connectivity index (χ2n) is 5.82. The number of aryl methyl sites for hydroxylation is 1. The normalized spacial score (nSPS) is 11.8. The molecule has 1 aromatic heterocycles. The first-order valence-corrected chi connectivity index (χ1v) is 8.13. The van der Waals surface area contributed by atoms with Crippen molar-refractivity contribution in [2.24, 2.45) is 0 Å². The maximum Gasteiger partial charge on any atom is 0.375 e. The fourth-order valence-electron chi connectivity index (χ4n) is 2.55. The smallest absolute Gasteiger partial charge is 0.375 e. The van der Waals surface area contributed by atoms with Crippen LogP contribution in [0, 0.1) is 6.92 Å². The van der Waals surface area contributed by atoms with Gasteiger partial charge in [0.25, 0.3) is 5.91 Å². The Hall–Kier alpha value is -3.28. The molecule has 2 aromatic carbocycles. The molecule has 0 saturated carbocycles. The summed E-state index contributed by atoms with van der Waals surface area (Å²) in [6.45, 7) is 3.29. The number of amides is 1. The molecule has 0 radical (unpaired) electrons. The zero-order valence-corrected chi connectivity index (χ0v) is 14.7. The largest absolute Gasteiger partial charge is 0.497 e. The quantitative estimate of drug-likeness (QED) is 0.703. The molecule has 0 unspecified atom stereocenters. The average molecular weight is 353 g/mol. The minimum Gasteiger partial charge on any atom is -0.497 e. The summed E-state index contributed by atoms with van der Waals surface area (Å²) in [5, 5.41) is 3.53. The first-order chi connectivity index (χ1) is 12.5. The SMILES string of the molecule is COc1ccc(NC(=O)[C@@H](C)OC(=O)c2oc3ccccc3c2C)cc1. The van der Waals surface area contributed by atoms with Crippen LogP contribution in [0.3, 0.4) is 0 Å². The molecule has 6 nitrogen and oxygen atoms in total. The number of para-hydroxylation sites is 1. The van der Waals surface area contributed by atoms with Crippen LogP contribution in [-0.2, 0) is 9.53 Å². The highest BCUT2D eigenvalue weighted by Gasteiger charge is 2.24. The monoisotopic (exact) mass is 353 g/mol. The van der Waals surface area contributed by atoms with Gasteiger partial charge in [-0.25, -0.2) is 4.79 Å². The van der Waals surface area contributed by atoms with E-state index in [0.717, 1.165) is 5.39 Å². The van der Waals surface area contributed by atoms with E-state index in [2.05, 4.69) is 5.32 Å². The predicted octanol–water partition coefficient (Wildman–Crippen LogP) is 3.93. The zero-order chi connectivity index (χ0) is 18.7. The number of methoxy groups -OCH3 is 1. The van der Waals surface area contributed by atoms with Gasteiger partial charge in [-0.1, -0.05) is 18.2 Å². The lowest BCUT2D eigenvalue weighted by atomic mass is 10.1. The predicted molar refractivity (Wildman–Crippen MR) is 97.5 cm³/mol. The van der Waals surface area contributed by atoms with Crippen molar-refractivity contribution >= 4 is 28.5 Å². The van der Waals surface area contributed by atoms with Crippen molar-refractivity contribution in [3.05, 3.63) is 59.9 Å². The van der Waals surface area contributed by atoms with E-state index in [1.165, 1.54) is 6.92 Å². The number of anilines is 1. The average Bonchev–Trinajstić information content (AvgIpc) is 2.99. The van der Waals surface area contributed by atoms with Crippen LogP contribution in [0.4, 0.5) is 5.69 Å². The summed E-state index contributed by atoms with van der Waals surface area (Å²) >= 11 is 0. The molecule has 6 heteroatoms. The van der Waals surface area contributed by atoms with Crippen molar-refractivity contribution in [2.45, 2.75) is 20.0 Å². The van der Waals surface area contributed by atoms with E-state index in [-0.39, 0.29) is 5.76 Å². The number of fused-ring (bicyclic) bond motifs is 1. The molecule has 134 valence electrons. The maximum atomic E-state index is 12.4. The van der Waals surface area contributed by atoms with Gasteiger partial charge in [0.1, 0.15) is 11.3 Å². The Morgan fingerprint density at radius 1 is 1.08 bits per heavy atom. The standard InChI is InChI=1S/C20H19NO5/c1-12-16-6-4-5-7-17(16)26-18(12)20(23)25-13(2)19(22)21-14-8-10-15(24-3)11-9-14/h4-11,13H,1-3H3,(H,21,22)/t13-/m1/s1. The third-order valence-corrected chi connectivity index (χ3v) is 4.04. The Morgan fingerprint density at radius 3 is 2.42 bits per heavy atom. The number of carbonyl (C=O) groups excluding carboxylic acids is 2. The minimum atomic E-state index is -0.975. The van der Waals surface area contributed by atoms with Gasteiger partial charge in [0.05, 0.1) is 7.11 Å². The van der Waals surface area contributed by atoms with Crippen LogP contribution in [0.15, 0.2) is 52.9 Å². The van der Waals surface area contributed by atoms with Gasteiger partial charge in [0.2, 0.25) is 5.76 Å². The first-order valence-electron chi connectivity index (χ1n) is 8.13. The van der Waals surface area contributed by atoms with Gasteiger partial charge in [0, 0.05) is 16.6 Å². The molecule has 26 heavy (non-hydrogen) atoms. The van der Waals surface area contributed by atoms with E-state index in [1.807, 2.05) is 18.2 Å². The van der Waals surface area contributed by atoms with Crippen LogP contribution in [0.5, 0.6) is 5.75 Å². The van der Waals surface area contributed by atoms with Gasteiger partial charge in [-0.15, -0.1) is 0 Å². The molecular weight excluding hydrogens is 334 g/mol. The Kier molecular flexibility index (Phi) is 4.93. The summed E-state index contributed by atoms with van der Waals surface area (Å²) < 4.78 is 15.9. The zero-order valence-electron chi connectivity index (χ0n) is 14.7. The summed E-state index contributed by atoms with van der Waals surface area (Å²) in [5.41, 5.74) is 1.87. The number of hydrogen-bond acceptors (Lipinski definition) is 5. The highest BCUT2D eigenvalue weighted by Crippen LogP contribution is 2.25. The number of nitrogens with one attached hydrogen (secondary N) is 1. The van der Waals surface area contributed by atoms with E-state index < -0.39 is 18.0 Å². The summed E-state index contributed by atoms with van der Waals surface area (Å²) in [4.78, 5) is 24.6. The minimum absolute atomic E-state index is 0.107. The first kappa shape index (κ1) is 17.5. The second-order valence-corrected chi connectivity index (χ2v) is 5.82. The number of hydrogen-bond donors (Lipinski definition) is 1. The Balaban J connectivity index is 1.67. The Labute approximate surface area is 150 Å². The van der Waals surface area contributed by atoms with Gasteiger partial charge in [-0.2, -0.15) is 0 Å². The molecule has 3 aromatic rings. The van der Waals surface area contributed by atoms with Crippen LogP contribution in [-0.4, -0.2) is 25.1 Å². The molecule has 1 N–H and O–H groups in total. The van der Waals surface area contributed by atoms with Crippen LogP contribution < -0.4 is 10.1 Å². The lowest BCUT2D eigenvalue weighted by Gasteiger charge is -2.13. The van der Waals surface area contributed by atoms with Gasteiger partial charge in [-0.05, 0) is 44.2 Å². The number of benzene rings is 2. The maximum absolute atomic E-state index is 12.4. The lowest BCUT2D eigenvalue weighted by molar-refractivity contribution is -0.123. The van der Waals surface area contributed by atoms with Gasteiger partial charge in [-0.3, -0.25) is 4.79 Å². The number of carbonyl (C=O) groups is 2. The number of ether oxygens (including phenoxy) is 2. The van der Waals surface area contributed by atoms with Crippen molar-refractivity contribution in [3.63, 3.8) is 0 Å². The van der Waals surface area contributed by atoms with Gasteiger partial charge >= 0.3 is 5.97 Å². The highest BCUT2D eigenvalue weighted by atomic mass is 16.6. The van der Waals surface area contributed by atoms with E-state index in [1.54, 1.807) is 44.4 Å². The second kappa shape index (κ2) is 7.31. The molecule has 1 amide bonds. The van der Waals surface area contributed by atoms with Gasteiger partial charge in [0.15, 0.2) is 6.10 Å². The third kappa shape index (κ3) is 3.54. The van der Waals surface area contributed by atoms with Crippen molar-refractivity contribution in [1.82, 2.24) is 0 Å². The molecule has 0 fully saturated rings. The van der Waals surface area contributed by atoms with Crippen LogP contribution >= 0.6 is 0 Å². The fraction of sp³-hybridized carbons (Fsp3) is 0.200. The highest BCUT2D eigenvalue weighted by molar-refractivity contribution is 5.99. The molecule has 0 bridgehead atoms. The van der Waals surface area contributed by atoms with Crippen LogP contribution in [0.1, 0.15) is 23.0 Å². The Bertz CT molecular complexity index is 942.